The Kier molecular flexibility index (Phi) is 7.16. The van der Waals surface area contributed by atoms with Crippen LogP contribution < -0.4 is 4.74 Å². The van der Waals surface area contributed by atoms with Gasteiger partial charge >= 0.3 is 5.97 Å². The van der Waals surface area contributed by atoms with Crippen molar-refractivity contribution in [2.75, 3.05) is 7.11 Å². The molecule has 1 aliphatic rings. The van der Waals surface area contributed by atoms with Crippen LogP contribution in [0.1, 0.15) is 56.1 Å². The number of ether oxygens (including phenoxy) is 2. The molecular weight excluding hydrogens is 304 g/mol. The standard InChI is InChI=1S/C20H28O4/c1-3-8-15-11-13-18(21)20(23-2)17(15)10-7-5-4-6-9-16-12-14-19(22)24-16/h3,11,13,16,21H,1,4-10,12,14H2,2H3. The lowest BCUT2D eigenvalue weighted by molar-refractivity contribution is -0.141. The van der Waals surface area contributed by atoms with Gasteiger partial charge in [0.2, 0.25) is 0 Å². The van der Waals surface area contributed by atoms with Crippen molar-refractivity contribution in [2.24, 2.45) is 0 Å². The van der Waals surface area contributed by atoms with E-state index in [4.69, 9.17) is 9.47 Å². The van der Waals surface area contributed by atoms with Gasteiger partial charge in [0.05, 0.1) is 7.11 Å². The van der Waals surface area contributed by atoms with Gasteiger partial charge in [-0.2, -0.15) is 0 Å². The molecule has 1 unspecified atom stereocenters. The molecule has 132 valence electrons. The van der Waals surface area contributed by atoms with Crippen LogP contribution in [0.2, 0.25) is 0 Å². The molecule has 1 atom stereocenters. The highest BCUT2D eigenvalue weighted by molar-refractivity contribution is 5.71. The second-order valence-corrected chi connectivity index (χ2v) is 6.35. The second kappa shape index (κ2) is 9.36. The molecule has 1 fully saturated rings. The van der Waals surface area contributed by atoms with Gasteiger partial charge in [0.1, 0.15) is 6.10 Å². The third kappa shape index (κ3) is 5.02. The fraction of sp³-hybridized carbons (Fsp3) is 0.550. The summed E-state index contributed by atoms with van der Waals surface area (Å²) < 4.78 is 10.6. The molecule has 1 aliphatic heterocycles. The molecule has 24 heavy (non-hydrogen) atoms. The Bertz CT molecular complexity index is 565. The van der Waals surface area contributed by atoms with E-state index in [1.165, 1.54) is 0 Å². The molecule has 0 amide bonds. The number of carbonyl (C=O) groups excluding carboxylic acids is 1. The second-order valence-electron chi connectivity index (χ2n) is 6.35. The zero-order chi connectivity index (χ0) is 17.4. The predicted octanol–water partition coefficient (Wildman–Crippen LogP) is 4.33. The van der Waals surface area contributed by atoms with E-state index in [9.17, 15) is 9.90 Å². The summed E-state index contributed by atoms with van der Waals surface area (Å²) in [7, 11) is 1.60. The van der Waals surface area contributed by atoms with Gasteiger partial charge in [-0.3, -0.25) is 4.79 Å². The van der Waals surface area contributed by atoms with Gasteiger partial charge in [0, 0.05) is 12.0 Å². The minimum atomic E-state index is -0.0503. The van der Waals surface area contributed by atoms with Gasteiger partial charge in [0.25, 0.3) is 0 Å². The van der Waals surface area contributed by atoms with Crippen molar-refractivity contribution in [3.8, 4) is 11.5 Å². The molecule has 0 aromatic heterocycles. The fourth-order valence-electron chi connectivity index (χ4n) is 3.32. The van der Waals surface area contributed by atoms with E-state index in [0.29, 0.717) is 12.2 Å². The van der Waals surface area contributed by atoms with Crippen LogP contribution in [0.25, 0.3) is 0 Å². The number of aromatic hydroxyl groups is 1. The summed E-state index contributed by atoms with van der Waals surface area (Å²) in [5, 5.41) is 9.98. The van der Waals surface area contributed by atoms with Crippen LogP contribution in [-0.4, -0.2) is 24.3 Å². The fourth-order valence-corrected chi connectivity index (χ4v) is 3.32. The number of unbranched alkanes of at least 4 members (excludes halogenated alkanes) is 3. The van der Waals surface area contributed by atoms with Crippen LogP contribution in [0.15, 0.2) is 24.8 Å². The number of benzene rings is 1. The Morgan fingerprint density at radius 1 is 1.33 bits per heavy atom. The van der Waals surface area contributed by atoms with Crippen LogP contribution in [0.3, 0.4) is 0 Å². The number of phenolic OH excluding ortho intramolecular Hbond substituents is 1. The average molecular weight is 332 g/mol. The first-order valence-electron chi connectivity index (χ1n) is 8.83. The molecule has 4 nitrogen and oxygen atoms in total. The van der Waals surface area contributed by atoms with Crippen molar-refractivity contribution in [2.45, 2.75) is 63.9 Å². The summed E-state index contributed by atoms with van der Waals surface area (Å²) in [6.45, 7) is 3.80. The number of hydrogen-bond acceptors (Lipinski definition) is 4. The van der Waals surface area contributed by atoms with Crippen molar-refractivity contribution in [3.63, 3.8) is 0 Å². The van der Waals surface area contributed by atoms with E-state index >= 15 is 0 Å². The molecule has 1 saturated heterocycles. The largest absolute Gasteiger partial charge is 0.504 e. The highest BCUT2D eigenvalue weighted by Crippen LogP contribution is 2.34. The minimum absolute atomic E-state index is 0.0503. The number of methoxy groups -OCH3 is 1. The Labute approximate surface area is 144 Å². The Morgan fingerprint density at radius 3 is 2.79 bits per heavy atom. The van der Waals surface area contributed by atoms with Crippen LogP contribution in [0, 0.1) is 0 Å². The van der Waals surface area contributed by atoms with E-state index in [-0.39, 0.29) is 17.8 Å². The number of phenols is 1. The van der Waals surface area contributed by atoms with E-state index < -0.39 is 0 Å². The number of hydrogen-bond donors (Lipinski definition) is 1. The maximum atomic E-state index is 11.1. The molecule has 0 spiro atoms. The SMILES string of the molecule is C=CCc1ccc(O)c(OC)c1CCCCCCC1CCC(=O)O1. The first-order valence-corrected chi connectivity index (χ1v) is 8.83. The van der Waals surface area contributed by atoms with E-state index in [1.54, 1.807) is 13.2 Å². The summed E-state index contributed by atoms with van der Waals surface area (Å²) in [5.74, 6) is 0.737. The van der Waals surface area contributed by atoms with Crippen LogP contribution in [0.5, 0.6) is 11.5 Å². The quantitative estimate of drug-likeness (QED) is 0.394. The molecule has 0 saturated carbocycles. The first-order chi connectivity index (χ1) is 11.7. The van der Waals surface area contributed by atoms with Crippen molar-refractivity contribution < 1.29 is 19.4 Å². The van der Waals surface area contributed by atoms with Gasteiger partial charge in [-0.05, 0) is 50.2 Å². The smallest absolute Gasteiger partial charge is 0.306 e. The number of cyclic esters (lactones) is 1. The van der Waals surface area contributed by atoms with Crippen molar-refractivity contribution in [3.05, 3.63) is 35.9 Å². The summed E-state index contributed by atoms with van der Waals surface area (Å²) in [6, 6.07) is 3.63. The number of allylic oxidation sites excluding steroid dienone is 1. The summed E-state index contributed by atoms with van der Waals surface area (Å²) >= 11 is 0. The lowest BCUT2D eigenvalue weighted by Gasteiger charge is -2.15. The molecular formula is C20H28O4. The Balaban J connectivity index is 1.77. The summed E-state index contributed by atoms with van der Waals surface area (Å²) in [6.07, 6.45) is 10.5. The molecule has 1 aromatic carbocycles. The van der Waals surface area contributed by atoms with Crippen LogP contribution >= 0.6 is 0 Å². The maximum Gasteiger partial charge on any atom is 0.306 e. The topological polar surface area (TPSA) is 55.8 Å². The van der Waals surface area contributed by atoms with Gasteiger partial charge in [-0.25, -0.2) is 0 Å². The van der Waals surface area contributed by atoms with Gasteiger partial charge in [-0.1, -0.05) is 25.0 Å². The highest BCUT2D eigenvalue weighted by atomic mass is 16.5. The van der Waals surface area contributed by atoms with Crippen LogP contribution in [0.4, 0.5) is 0 Å². The van der Waals surface area contributed by atoms with Gasteiger partial charge in [0.15, 0.2) is 11.5 Å². The van der Waals surface area contributed by atoms with Gasteiger partial charge in [-0.15, -0.1) is 6.58 Å². The lowest BCUT2D eigenvalue weighted by Crippen LogP contribution is -2.06. The molecule has 1 heterocycles. The van der Waals surface area contributed by atoms with Gasteiger partial charge < -0.3 is 14.6 Å². The average Bonchev–Trinajstić information content (AvgIpc) is 2.98. The monoisotopic (exact) mass is 332 g/mol. The van der Waals surface area contributed by atoms with E-state index in [2.05, 4.69) is 6.58 Å². The Morgan fingerprint density at radius 2 is 2.12 bits per heavy atom. The normalized spacial score (nSPS) is 16.9. The van der Waals surface area contributed by atoms with E-state index in [0.717, 1.165) is 62.5 Å². The zero-order valence-electron chi connectivity index (χ0n) is 14.6. The van der Waals surface area contributed by atoms with Crippen LogP contribution in [-0.2, 0) is 22.4 Å². The lowest BCUT2D eigenvalue weighted by atomic mass is 9.96. The molecule has 1 N–H and O–H groups in total. The number of carbonyl (C=O) groups is 1. The highest BCUT2D eigenvalue weighted by Gasteiger charge is 2.22. The molecule has 1 aromatic rings. The third-order valence-electron chi connectivity index (χ3n) is 4.58. The number of rotatable bonds is 10. The van der Waals surface area contributed by atoms with E-state index in [1.807, 2.05) is 12.1 Å². The molecule has 0 aliphatic carbocycles. The predicted molar refractivity (Wildman–Crippen MR) is 94.5 cm³/mol. The Hall–Kier alpha value is -1.97. The van der Waals surface area contributed by atoms with Crippen molar-refractivity contribution in [1.29, 1.82) is 0 Å². The molecule has 2 rings (SSSR count). The molecule has 4 heteroatoms. The van der Waals surface area contributed by atoms with Crippen molar-refractivity contribution >= 4 is 5.97 Å². The maximum absolute atomic E-state index is 11.1. The molecule has 0 radical (unpaired) electrons. The number of esters is 1. The zero-order valence-corrected chi connectivity index (χ0v) is 14.6. The van der Waals surface area contributed by atoms with Crippen molar-refractivity contribution in [1.82, 2.24) is 0 Å². The third-order valence-corrected chi connectivity index (χ3v) is 4.58. The first kappa shape index (κ1) is 18.4. The summed E-state index contributed by atoms with van der Waals surface area (Å²) in [5.41, 5.74) is 2.25. The minimum Gasteiger partial charge on any atom is -0.504 e. The molecule has 0 bridgehead atoms. The summed E-state index contributed by atoms with van der Waals surface area (Å²) in [4.78, 5) is 11.1.